The van der Waals surface area contributed by atoms with Gasteiger partial charge in [-0.2, -0.15) is 0 Å². The van der Waals surface area contributed by atoms with Gasteiger partial charge in [-0.05, 0) is 291 Å². The summed E-state index contributed by atoms with van der Waals surface area (Å²) in [6, 6.07) is 140. The average molecular weight is 1720 g/mol. The molecule has 0 fully saturated rings. The Morgan fingerprint density at radius 3 is 1.01 bits per heavy atom. The molecule has 20 aromatic rings. The maximum absolute atomic E-state index is 4.44. The number of benzene rings is 14. The lowest BCUT2D eigenvalue weighted by Crippen LogP contribution is -2.28. The van der Waals surface area contributed by atoms with Gasteiger partial charge in [0.25, 0.3) is 0 Å². The topological polar surface area (TPSA) is 77.3 Å². The summed E-state index contributed by atoms with van der Waals surface area (Å²) in [6.07, 6.45) is 20.6. The molecule has 6 nitrogen and oxygen atoms in total. The van der Waals surface area contributed by atoms with Crippen LogP contribution in [0.4, 0.5) is 0 Å². The van der Waals surface area contributed by atoms with Crippen molar-refractivity contribution in [3.63, 3.8) is 0 Å². The van der Waals surface area contributed by atoms with Crippen molar-refractivity contribution in [3.05, 3.63) is 540 Å². The van der Waals surface area contributed by atoms with E-state index in [0.717, 1.165) is 16.8 Å². The molecular formula is C127H106N6. The number of aryl methyl sites for hydroxylation is 3. The van der Waals surface area contributed by atoms with Crippen molar-refractivity contribution >= 4 is 0 Å². The van der Waals surface area contributed by atoms with Gasteiger partial charge in [0.15, 0.2) is 0 Å². The third-order valence-corrected chi connectivity index (χ3v) is 26.7. The standard InChI is InChI=1S/C31H23N.2C21H19N.3C18H15N/c1-22-10-8-16-28-30(22)27-18-17-23(24-11-9-19-32-21-24)20-29(27)31(28,25-12-4-2-5-13-25)26-14-6-3-7-15-26;1-14-6-4-8-18-20(14)17-10-9-15(12-19(17)21(18,2)3)16-7-5-11-22-13-16;1-14-10-11-16(15-7-6-12-22-13-15)20-19(14)17-8-4-5-9-18(17)21(20,2)3;1-14-17(15-7-3-2-4-8-15)10-5-11-18(14)16-9-6-12-19-13-16;1-14-16(15-8-3-2-4-9-15)10-7-11-17(14)18-12-5-6-13-19-18;1-14-17(15-6-3-2-4-7-15)8-5-9-18(14)16-10-12-19-13-11-16/h2-21H,1H3;2*4-13H,1-3H3;3*2-13H,1H3. The first-order valence-corrected chi connectivity index (χ1v) is 45.8. The number of pyridine rings is 6. The highest BCUT2D eigenvalue weighted by Gasteiger charge is 2.47. The monoisotopic (exact) mass is 1710 g/mol. The number of hydrogen-bond acceptors (Lipinski definition) is 6. The Morgan fingerprint density at radius 1 is 0.188 bits per heavy atom. The Hall–Kier alpha value is -16.0. The van der Waals surface area contributed by atoms with Crippen LogP contribution in [-0.2, 0) is 16.2 Å². The van der Waals surface area contributed by atoms with Crippen LogP contribution in [0.25, 0.3) is 134 Å². The first-order chi connectivity index (χ1) is 65.1. The number of aromatic nitrogens is 6. The normalized spacial score (nSPS) is 12.5. The van der Waals surface area contributed by atoms with Crippen molar-refractivity contribution in [1.29, 1.82) is 0 Å². The van der Waals surface area contributed by atoms with E-state index in [2.05, 4.69) is 439 Å². The Kier molecular flexibility index (Phi) is 25.8. The van der Waals surface area contributed by atoms with Crippen molar-refractivity contribution in [1.82, 2.24) is 29.9 Å². The zero-order valence-corrected chi connectivity index (χ0v) is 77.1. The molecule has 6 heterocycles. The average Bonchev–Trinajstić information content (AvgIpc) is 1.55. The van der Waals surface area contributed by atoms with Crippen LogP contribution >= 0.6 is 0 Å². The molecule has 0 N–H and O–H groups in total. The molecule has 0 spiro atoms. The lowest BCUT2D eigenvalue weighted by molar-refractivity contribution is 0.660. The van der Waals surface area contributed by atoms with E-state index < -0.39 is 0 Å². The lowest BCUT2D eigenvalue weighted by atomic mass is 9.67. The summed E-state index contributed by atoms with van der Waals surface area (Å²) in [7, 11) is 0. The van der Waals surface area contributed by atoms with Crippen LogP contribution in [0, 0.1) is 41.5 Å². The molecule has 133 heavy (non-hydrogen) atoms. The largest absolute Gasteiger partial charge is 0.265 e. The van der Waals surface area contributed by atoms with Gasteiger partial charge in [-0.25, -0.2) is 0 Å². The molecule has 0 radical (unpaired) electrons. The van der Waals surface area contributed by atoms with Crippen LogP contribution < -0.4 is 0 Å². The molecule has 14 aromatic carbocycles. The highest BCUT2D eigenvalue weighted by molar-refractivity contribution is 5.93. The summed E-state index contributed by atoms with van der Waals surface area (Å²) in [5.74, 6) is 0. The predicted octanol–water partition coefficient (Wildman–Crippen LogP) is 32.3. The third-order valence-electron chi connectivity index (χ3n) is 26.7. The summed E-state index contributed by atoms with van der Waals surface area (Å²) in [5, 5.41) is 0. The Balaban J connectivity index is 0.000000108. The second-order valence-electron chi connectivity index (χ2n) is 35.4. The zero-order chi connectivity index (χ0) is 91.4. The number of nitrogens with zero attached hydrogens (tertiary/aromatic N) is 6. The molecule has 0 bridgehead atoms. The number of hydrogen-bond donors (Lipinski definition) is 0. The molecule has 0 atom stereocenters. The molecule has 23 rings (SSSR count). The fourth-order valence-electron chi connectivity index (χ4n) is 20.1. The Bertz CT molecular complexity index is 6910. The quantitative estimate of drug-likeness (QED) is 0.128. The van der Waals surface area contributed by atoms with Gasteiger partial charge in [0.2, 0.25) is 0 Å². The summed E-state index contributed by atoms with van der Waals surface area (Å²) in [6.45, 7) is 22.5. The van der Waals surface area contributed by atoms with Gasteiger partial charge in [0, 0.05) is 95.7 Å². The van der Waals surface area contributed by atoms with Crippen molar-refractivity contribution in [2.45, 2.75) is 85.5 Å². The van der Waals surface area contributed by atoms with Gasteiger partial charge < -0.3 is 0 Å². The van der Waals surface area contributed by atoms with E-state index in [1.54, 1.807) is 6.20 Å². The highest BCUT2D eigenvalue weighted by atomic mass is 14.7. The SMILES string of the molecule is Cc1c(-c2ccccc2)cccc1-c1ccccn1.Cc1c(-c2ccccc2)cccc1-c1cccnc1.Cc1c(-c2ccccc2)cccc1-c1ccncc1.Cc1ccc(-c2cccnc2)c2c1-c1ccccc1C2(C)C.Cc1cccc2c1-c1ccc(-c3cccnc3)cc1C2(C)C.Cc1cccc2c1-c1ccc(-c3cccnc3)cc1C2(c1ccccc1)c1ccccc1. The molecule has 6 aromatic heterocycles. The molecule has 0 amide bonds. The Labute approximate surface area is 784 Å². The first-order valence-electron chi connectivity index (χ1n) is 45.8. The van der Waals surface area contributed by atoms with Gasteiger partial charge in [-0.15, -0.1) is 0 Å². The van der Waals surface area contributed by atoms with Crippen LogP contribution in [0.2, 0.25) is 0 Å². The predicted molar refractivity (Wildman–Crippen MR) is 555 cm³/mol. The van der Waals surface area contributed by atoms with Crippen molar-refractivity contribution in [2.75, 3.05) is 0 Å². The van der Waals surface area contributed by atoms with Gasteiger partial charge in [0.1, 0.15) is 0 Å². The second kappa shape index (κ2) is 39.1. The highest BCUT2D eigenvalue weighted by Crippen LogP contribution is 2.59. The van der Waals surface area contributed by atoms with E-state index in [0.29, 0.717) is 0 Å². The number of fused-ring (bicyclic) bond motifs is 9. The Morgan fingerprint density at radius 2 is 0.534 bits per heavy atom. The van der Waals surface area contributed by atoms with E-state index in [1.807, 2.05) is 117 Å². The van der Waals surface area contributed by atoms with E-state index in [9.17, 15) is 0 Å². The minimum Gasteiger partial charge on any atom is -0.265 e. The first kappa shape index (κ1) is 87.7. The summed E-state index contributed by atoms with van der Waals surface area (Å²) < 4.78 is 0. The van der Waals surface area contributed by atoms with Crippen LogP contribution in [0.1, 0.15) is 106 Å². The maximum atomic E-state index is 4.44. The van der Waals surface area contributed by atoms with Crippen LogP contribution in [0.15, 0.2) is 462 Å². The van der Waals surface area contributed by atoms with Gasteiger partial charge in [-0.3, -0.25) is 29.9 Å². The van der Waals surface area contributed by atoms with Crippen molar-refractivity contribution < 1.29 is 0 Å². The molecule has 644 valence electrons. The summed E-state index contributed by atoms with van der Waals surface area (Å²) >= 11 is 0. The molecular weight excluding hydrogens is 1610 g/mol. The van der Waals surface area contributed by atoms with E-state index >= 15 is 0 Å². The number of rotatable bonds is 11. The van der Waals surface area contributed by atoms with Crippen molar-refractivity contribution in [2.24, 2.45) is 0 Å². The summed E-state index contributed by atoms with van der Waals surface area (Å²) in [5.41, 5.74) is 48.8. The lowest BCUT2D eigenvalue weighted by Gasteiger charge is -2.34. The summed E-state index contributed by atoms with van der Waals surface area (Å²) in [4.78, 5) is 25.6. The minimum absolute atomic E-state index is 0.0170. The molecule has 3 aliphatic rings. The molecule has 6 heteroatoms. The van der Waals surface area contributed by atoms with Crippen LogP contribution in [-0.4, -0.2) is 29.9 Å². The molecule has 3 aliphatic carbocycles. The fraction of sp³-hybridized carbons (Fsp3) is 0.102. The van der Waals surface area contributed by atoms with Crippen LogP contribution in [0.3, 0.4) is 0 Å². The molecule has 0 unspecified atom stereocenters. The van der Waals surface area contributed by atoms with Crippen LogP contribution in [0.5, 0.6) is 0 Å². The van der Waals surface area contributed by atoms with E-state index in [4.69, 9.17) is 0 Å². The van der Waals surface area contributed by atoms with E-state index in [1.165, 1.54) is 195 Å². The molecule has 0 saturated heterocycles. The van der Waals surface area contributed by atoms with E-state index in [-0.39, 0.29) is 16.2 Å². The maximum Gasteiger partial charge on any atom is 0.0713 e. The third kappa shape index (κ3) is 17.7. The van der Waals surface area contributed by atoms with Gasteiger partial charge in [-0.1, -0.05) is 361 Å². The minimum atomic E-state index is -0.364. The fourth-order valence-corrected chi connectivity index (χ4v) is 20.1. The zero-order valence-electron chi connectivity index (χ0n) is 77.1. The second-order valence-corrected chi connectivity index (χ2v) is 35.4. The van der Waals surface area contributed by atoms with Gasteiger partial charge >= 0.3 is 0 Å². The van der Waals surface area contributed by atoms with Crippen molar-refractivity contribution in [3.8, 4) is 134 Å². The van der Waals surface area contributed by atoms with Gasteiger partial charge in [0.05, 0.1) is 11.1 Å². The smallest absolute Gasteiger partial charge is 0.0713 e. The molecule has 0 aliphatic heterocycles. The molecule has 0 saturated carbocycles.